The normalized spacial score (nSPS) is 15.0. The second-order valence-electron chi connectivity index (χ2n) is 7.05. The lowest BCUT2D eigenvalue weighted by Crippen LogP contribution is -2.39. The maximum absolute atomic E-state index is 13.1. The highest BCUT2D eigenvalue weighted by molar-refractivity contribution is 7.92. The molecule has 8 heteroatoms. The lowest BCUT2D eigenvalue weighted by atomic mass is 10.1. The van der Waals surface area contributed by atoms with E-state index >= 15 is 0 Å². The molecule has 0 saturated carbocycles. The highest BCUT2D eigenvalue weighted by Crippen LogP contribution is 2.35. The van der Waals surface area contributed by atoms with Crippen molar-refractivity contribution in [2.45, 2.75) is 23.0 Å². The van der Waals surface area contributed by atoms with Crippen LogP contribution in [0.1, 0.15) is 18.4 Å². The van der Waals surface area contributed by atoms with Gasteiger partial charge in [-0.1, -0.05) is 24.3 Å². The van der Waals surface area contributed by atoms with Crippen LogP contribution in [0.25, 0.3) is 11.3 Å². The molecule has 1 aliphatic heterocycles. The van der Waals surface area contributed by atoms with Gasteiger partial charge in [0.15, 0.2) is 15.0 Å². The number of aromatic nitrogens is 1. The molecule has 0 bridgehead atoms. The Kier molecular flexibility index (Phi) is 5.75. The van der Waals surface area contributed by atoms with E-state index in [1.165, 1.54) is 6.07 Å². The fraction of sp³-hybridized carbons (Fsp3) is 0.273. The zero-order valence-corrected chi connectivity index (χ0v) is 18.1. The molecule has 0 N–H and O–H groups in total. The molecule has 2 aromatic carbocycles. The number of para-hydroxylation sites is 1. The molecule has 0 radical (unpaired) electrons. The standard InChI is InChI=1S/C22H21N3O3S2/c1-28-20-8-4-3-7-18(20)19-15-29-22(24-19)25-12-10-17(11-13-25)30(26,27)21-9-5-2-6-16(21)14-23/h2-9,15,17H,10-13H2,1H3. The second kappa shape index (κ2) is 8.46. The third kappa shape index (κ3) is 3.78. The molecule has 0 unspecified atom stereocenters. The summed E-state index contributed by atoms with van der Waals surface area (Å²) in [6.07, 6.45) is 1.01. The van der Waals surface area contributed by atoms with Gasteiger partial charge in [-0.3, -0.25) is 0 Å². The Hall–Kier alpha value is -2.89. The van der Waals surface area contributed by atoms with Crippen LogP contribution in [0.15, 0.2) is 58.8 Å². The molecular formula is C22H21N3O3S2. The van der Waals surface area contributed by atoms with Gasteiger partial charge in [0.2, 0.25) is 0 Å². The summed E-state index contributed by atoms with van der Waals surface area (Å²) in [6, 6.07) is 16.2. The van der Waals surface area contributed by atoms with E-state index in [9.17, 15) is 13.7 Å². The van der Waals surface area contributed by atoms with Crippen LogP contribution in [0.5, 0.6) is 5.75 Å². The van der Waals surface area contributed by atoms with Gasteiger partial charge in [-0.25, -0.2) is 13.4 Å². The Balaban J connectivity index is 1.49. The van der Waals surface area contributed by atoms with Crippen LogP contribution in [-0.2, 0) is 9.84 Å². The number of rotatable bonds is 5. The minimum atomic E-state index is -3.54. The summed E-state index contributed by atoms with van der Waals surface area (Å²) in [5, 5.41) is 11.7. The molecule has 154 valence electrons. The van der Waals surface area contributed by atoms with E-state index in [1.807, 2.05) is 35.7 Å². The number of methoxy groups -OCH3 is 1. The summed E-state index contributed by atoms with van der Waals surface area (Å²) < 4.78 is 31.6. The first-order valence-electron chi connectivity index (χ1n) is 9.61. The van der Waals surface area contributed by atoms with E-state index in [0.717, 1.165) is 22.1 Å². The average Bonchev–Trinajstić information content (AvgIpc) is 3.29. The van der Waals surface area contributed by atoms with Crippen molar-refractivity contribution in [1.29, 1.82) is 5.26 Å². The topological polar surface area (TPSA) is 83.3 Å². The minimum Gasteiger partial charge on any atom is -0.496 e. The lowest BCUT2D eigenvalue weighted by molar-refractivity contribution is 0.416. The van der Waals surface area contributed by atoms with Crippen molar-refractivity contribution in [3.05, 3.63) is 59.5 Å². The number of piperidine rings is 1. The highest BCUT2D eigenvalue weighted by Gasteiger charge is 2.33. The Bertz CT molecular complexity index is 1190. The van der Waals surface area contributed by atoms with Crippen molar-refractivity contribution in [2.75, 3.05) is 25.1 Å². The van der Waals surface area contributed by atoms with Gasteiger partial charge >= 0.3 is 0 Å². The van der Waals surface area contributed by atoms with Crippen LogP contribution in [0, 0.1) is 11.3 Å². The molecule has 1 fully saturated rings. The van der Waals surface area contributed by atoms with Gasteiger partial charge < -0.3 is 9.64 Å². The van der Waals surface area contributed by atoms with Gasteiger partial charge in [0.05, 0.1) is 28.5 Å². The molecule has 1 aliphatic rings. The van der Waals surface area contributed by atoms with Gasteiger partial charge in [-0.2, -0.15) is 5.26 Å². The number of anilines is 1. The molecule has 0 amide bonds. The molecule has 0 atom stereocenters. The van der Waals surface area contributed by atoms with Crippen LogP contribution in [0.3, 0.4) is 0 Å². The molecule has 2 heterocycles. The van der Waals surface area contributed by atoms with E-state index in [-0.39, 0.29) is 10.5 Å². The highest BCUT2D eigenvalue weighted by atomic mass is 32.2. The van der Waals surface area contributed by atoms with Crippen molar-refractivity contribution in [3.63, 3.8) is 0 Å². The number of sulfone groups is 1. The van der Waals surface area contributed by atoms with E-state index < -0.39 is 15.1 Å². The number of hydrogen-bond donors (Lipinski definition) is 0. The molecule has 1 saturated heterocycles. The quantitative estimate of drug-likeness (QED) is 0.594. The van der Waals surface area contributed by atoms with Crippen LogP contribution in [-0.4, -0.2) is 38.9 Å². The van der Waals surface area contributed by atoms with E-state index in [0.29, 0.717) is 25.9 Å². The van der Waals surface area contributed by atoms with Gasteiger partial charge in [0.25, 0.3) is 0 Å². The van der Waals surface area contributed by atoms with Crippen LogP contribution in [0.2, 0.25) is 0 Å². The monoisotopic (exact) mass is 439 g/mol. The minimum absolute atomic E-state index is 0.138. The van der Waals surface area contributed by atoms with Gasteiger partial charge in [0, 0.05) is 24.0 Å². The Morgan fingerprint density at radius 3 is 2.57 bits per heavy atom. The van der Waals surface area contributed by atoms with E-state index in [1.54, 1.807) is 36.6 Å². The molecular weight excluding hydrogens is 418 g/mol. The molecule has 3 aromatic rings. The van der Waals surface area contributed by atoms with Gasteiger partial charge in [-0.15, -0.1) is 11.3 Å². The van der Waals surface area contributed by atoms with Crippen LogP contribution >= 0.6 is 11.3 Å². The summed E-state index contributed by atoms with van der Waals surface area (Å²) in [5.74, 6) is 0.773. The first-order valence-corrected chi connectivity index (χ1v) is 12.0. The molecule has 1 aromatic heterocycles. The lowest BCUT2D eigenvalue weighted by Gasteiger charge is -2.31. The predicted octanol–water partition coefficient (Wildman–Crippen LogP) is 4.13. The number of nitrogens with zero attached hydrogens (tertiary/aromatic N) is 3. The van der Waals surface area contributed by atoms with Crippen molar-refractivity contribution in [3.8, 4) is 23.1 Å². The second-order valence-corrected chi connectivity index (χ2v) is 10.1. The Labute approximate surface area is 180 Å². The largest absolute Gasteiger partial charge is 0.496 e. The maximum Gasteiger partial charge on any atom is 0.185 e. The maximum atomic E-state index is 13.1. The molecule has 6 nitrogen and oxygen atoms in total. The third-order valence-electron chi connectivity index (χ3n) is 5.34. The summed E-state index contributed by atoms with van der Waals surface area (Å²) in [7, 11) is -1.90. The Morgan fingerprint density at radius 2 is 1.83 bits per heavy atom. The number of ether oxygens (including phenoxy) is 1. The van der Waals surface area contributed by atoms with Crippen molar-refractivity contribution in [1.82, 2.24) is 4.98 Å². The predicted molar refractivity (Wildman–Crippen MR) is 118 cm³/mol. The van der Waals surface area contributed by atoms with Gasteiger partial charge in [0.1, 0.15) is 11.8 Å². The van der Waals surface area contributed by atoms with Crippen molar-refractivity contribution < 1.29 is 13.2 Å². The number of benzene rings is 2. The summed E-state index contributed by atoms with van der Waals surface area (Å²) in [4.78, 5) is 7.03. The van der Waals surface area contributed by atoms with E-state index in [4.69, 9.17) is 9.72 Å². The molecule has 30 heavy (non-hydrogen) atoms. The first-order chi connectivity index (χ1) is 14.5. The van der Waals surface area contributed by atoms with Crippen molar-refractivity contribution in [2.24, 2.45) is 0 Å². The van der Waals surface area contributed by atoms with Crippen LogP contribution < -0.4 is 9.64 Å². The molecule has 0 aliphatic carbocycles. The summed E-state index contributed by atoms with van der Waals surface area (Å²) in [6.45, 7) is 1.22. The fourth-order valence-corrected chi connectivity index (χ4v) is 6.49. The molecule has 4 rings (SSSR count). The van der Waals surface area contributed by atoms with E-state index in [2.05, 4.69) is 4.90 Å². The zero-order chi connectivity index (χ0) is 21.1. The van der Waals surface area contributed by atoms with Crippen LogP contribution in [0.4, 0.5) is 5.13 Å². The fourth-order valence-electron chi connectivity index (χ4n) is 3.73. The summed E-state index contributed by atoms with van der Waals surface area (Å²) >= 11 is 1.55. The third-order valence-corrected chi connectivity index (χ3v) is 8.56. The molecule has 0 spiro atoms. The smallest absolute Gasteiger partial charge is 0.185 e. The first kappa shape index (κ1) is 20.4. The summed E-state index contributed by atoms with van der Waals surface area (Å²) in [5.41, 5.74) is 2.00. The number of hydrogen-bond acceptors (Lipinski definition) is 7. The zero-order valence-electron chi connectivity index (χ0n) is 16.5. The van der Waals surface area contributed by atoms with Crippen molar-refractivity contribution >= 4 is 26.3 Å². The number of nitriles is 1. The average molecular weight is 440 g/mol. The number of thiazole rings is 1. The van der Waals surface area contributed by atoms with Gasteiger partial charge in [-0.05, 0) is 37.1 Å². The SMILES string of the molecule is COc1ccccc1-c1csc(N2CCC(S(=O)(=O)c3ccccc3C#N)CC2)n1. The Morgan fingerprint density at radius 1 is 1.13 bits per heavy atom.